The van der Waals surface area contributed by atoms with Crippen LogP contribution in [0.4, 0.5) is 5.69 Å². The molecule has 0 aromatic heterocycles. The van der Waals surface area contributed by atoms with E-state index in [0.29, 0.717) is 6.61 Å². The first kappa shape index (κ1) is 13.7. The van der Waals surface area contributed by atoms with Gasteiger partial charge in [-0.15, -0.1) is 0 Å². The zero-order chi connectivity index (χ0) is 13.8. The molecule has 2 N–H and O–H groups in total. The average molecular weight is 280 g/mol. The van der Waals surface area contributed by atoms with E-state index in [0.717, 1.165) is 16.3 Å². The fourth-order valence-electron chi connectivity index (χ4n) is 1.76. The molecule has 0 unspecified atom stereocenters. The van der Waals surface area contributed by atoms with Crippen molar-refractivity contribution < 1.29 is 14.3 Å². The third kappa shape index (κ3) is 3.64. The number of fused-ring (bicyclic) bond motifs is 1. The molecule has 1 aliphatic heterocycles. The number of rotatable bonds is 5. The molecule has 6 heteroatoms. The molecule has 1 aromatic carbocycles. The molecule has 1 aromatic rings. The van der Waals surface area contributed by atoms with E-state index < -0.39 is 0 Å². The largest absolute Gasteiger partial charge is 0.494 e. The van der Waals surface area contributed by atoms with Crippen molar-refractivity contribution in [2.24, 2.45) is 0 Å². The van der Waals surface area contributed by atoms with Gasteiger partial charge in [-0.3, -0.25) is 9.59 Å². The molecule has 0 spiro atoms. The Hall–Kier alpha value is -1.69. The second-order valence-corrected chi connectivity index (χ2v) is 5.33. The van der Waals surface area contributed by atoms with Crippen LogP contribution >= 0.6 is 11.8 Å². The van der Waals surface area contributed by atoms with Gasteiger partial charge in [0.25, 0.3) is 0 Å². The lowest BCUT2D eigenvalue weighted by molar-refractivity contribution is -0.127. The van der Waals surface area contributed by atoms with Crippen molar-refractivity contribution >= 4 is 29.1 Å². The van der Waals surface area contributed by atoms with Gasteiger partial charge in [-0.2, -0.15) is 0 Å². The topological polar surface area (TPSA) is 67.4 Å². The van der Waals surface area contributed by atoms with Crippen LogP contribution in [0, 0.1) is 0 Å². The summed E-state index contributed by atoms with van der Waals surface area (Å²) < 4.78 is 5.43. The van der Waals surface area contributed by atoms with E-state index in [9.17, 15) is 9.59 Å². The minimum atomic E-state index is -0.268. The van der Waals surface area contributed by atoms with Gasteiger partial charge in [-0.05, 0) is 32.0 Å². The number of ether oxygens (including phenoxy) is 1. The molecule has 0 fully saturated rings. The molecule has 0 radical (unpaired) electrons. The average Bonchev–Trinajstić information content (AvgIpc) is 2.69. The van der Waals surface area contributed by atoms with E-state index in [1.165, 1.54) is 18.7 Å². The van der Waals surface area contributed by atoms with E-state index >= 15 is 0 Å². The third-order valence-electron chi connectivity index (χ3n) is 2.50. The van der Waals surface area contributed by atoms with E-state index in [1.807, 2.05) is 25.1 Å². The Labute approximate surface area is 116 Å². The Morgan fingerprint density at radius 1 is 1.47 bits per heavy atom. The van der Waals surface area contributed by atoms with Crippen molar-refractivity contribution in [3.8, 4) is 5.75 Å². The molecule has 19 heavy (non-hydrogen) atoms. The molecule has 1 atom stereocenters. The van der Waals surface area contributed by atoms with Crippen LogP contribution < -0.4 is 15.4 Å². The summed E-state index contributed by atoms with van der Waals surface area (Å²) in [6.07, 6.45) is -0.0840. The fourth-order valence-corrected chi connectivity index (χ4v) is 2.83. The van der Waals surface area contributed by atoms with Crippen LogP contribution in [0.5, 0.6) is 5.75 Å². The van der Waals surface area contributed by atoms with Gasteiger partial charge in [-0.25, -0.2) is 0 Å². The number of nitrogens with one attached hydrogen (secondary N) is 2. The minimum Gasteiger partial charge on any atom is -0.494 e. The summed E-state index contributed by atoms with van der Waals surface area (Å²) in [5.74, 6) is 0.401. The summed E-state index contributed by atoms with van der Waals surface area (Å²) in [5, 5.41) is 5.93. The zero-order valence-electron chi connectivity index (χ0n) is 10.9. The van der Waals surface area contributed by atoms with Crippen LogP contribution in [-0.2, 0) is 9.59 Å². The summed E-state index contributed by atoms with van der Waals surface area (Å²) in [6.45, 7) is 3.96. The van der Waals surface area contributed by atoms with Crippen molar-refractivity contribution in [2.75, 3.05) is 11.9 Å². The Bertz CT molecular complexity index is 505. The Kier molecular flexibility index (Phi) is 4.31. The maximum atomic E-state index is 11.5. The molecule has 102 valence electrons. The third-order valence-corrected chi connectivity index (χ3v) is 3.56. The van der Waals surface area contributed by atoms with E-state index in [-0.39, 0.29) is 23.6 Å². The highest BCUT2D eigenvalue weighted by Crippen LogP contribution is 2.39. The highest BCUT2D eigenvalue weighted by Gasteiger charge is 2.23. The molecule has 1 aliphatic rings. The number of ketones is 1. The van der Waals surface area contributed by atoms with Crippen molar-refractivity contribution in [2.45, 2.75) is 30.7 Å². The van der Waals surface area contributed by atoms with Crippen LogP contribution in [0.25, 0.3) is 0 Å². The number of amides is 1. The van der Waals surface area contributed by atoms with Crippen LogP contribution in [0.3, 0.4) is 0 Å². The van der Waals surface area contributed by atoms with Gasteiger partial charge in [0.1, 0.15) is 11.5 Å². The Morgan fingerprint density at radius 2 is 2.26 bits per heavy atom. The van der Waals surface area contributed by atoms with Crippen molar-refractivity contribution in [1.82, 2.24) is 5.32 Å². The summed E-state index contributed by atoms with van der Waals surface area (Å²) in [6, 6.07) is 5.74. The Morgan fingerprint density at radius 3 is 2.95 bits per heavy atom. The number of hydrogen-bond acceptors (Lipinski definition) is 5. The molecule has 0 saturated carbocycles. The normalized spacial score (nSPS) is 16.4. The van der Waals surface area contributed by atoms with E-state index in [1.54, 1.807) is 0 Å². The number of anilines is 1. The molecule has 0 bridgehead atoms. The smallest absolute Gasteiger partial charge is 0.229 e. The summed E-state index contributed by atoms with van der Waals surface area (Å²) >= 11 is 1.50. The van der Waals surface area contributed by atoms with Gasteiger partial charge >= 0.3 is 0 Å². The highest BCUT2D eigenvalue weighted by molar-refractivity contribution is 8.00. The van der Waals surface area contributed by atoms with Gasteiger partial charge < -0.3 is 15.4 Å². The summed E-state index contributed by atoms with van der Waals surface area (Å²) in [4.78, 5) is 23.4. The lowest BCUT2D eigenvalue weighted by atomic mass is 10.3. The maximum Gasteiger partial charge on any atom is 0.229 e. The van der Waals surface area contributed by atoms with Gasteiger partial charge in [-0.1, -0.05) is 11.8 Å². The second-order valence-electron chi connectivity index (χ2n) is 4.18. The summed E-state index contributed by atoms with van der Waals surface area (Å²) in [5.41, 5.74) is 0.723. The highest BCUT2D eigenvalue weighted by atomic mass is 32.2. The number of benzene rings is 1. The monoisotopic (exact) mass is 280 g/mol. The van der Waals surface area contributed by atoms with Crippen molar-refractivity contribution in [3.05, 3.63) is 18.2 Å². The molecule has 0 aliphatic carbocycles. The van der Waals surface area contributed by atoms with Crippen LogP contribution in [0.2, 0.25) is 0 Å². The Balaban J connectivity index is 1.96. The van der Waals surface area contributed by atoms with Crippen molar-refractivity contribution in [1.29, 1.82) is 0 Å². The predicted molar refractivity (Wildman–Crippen MR) is 74.3 cm³/mol. The van der Waals surface area contributed by atoms with Gasteiger partial charge in [0, 0.05) is 4.90 Å². The number of thioether (sulfide) groups is 1. The fraction of sp³-hybridized carbons (Fsp3) is 0.385. The molecular formula is C13H16N2O3S. The van der Waals surface area contributed by atoms with Crippen LogP contribution in [0.1, 0.15) is 20.3 Å². The first-order chi connectivity index (χ1) is 9.08. The molecule has 5 nitrogen and oxygen atoms in total. The van der Waals surface area contributed by atoms with Gasteiger partial charge in [0.15, 0.2) is 5.50 Å². The van der Waals surface area contributed by atoms with E-state index in [4.69, 9.17) is 4.74 Å². The lowest BCUT2D eigenvalue weighted by Crippen LogP contribution is -2.36. The molecule has 1 amide bonds. The molecule has 2 rings (SSSR count). The number of Topliss-reactive ketones (excluding diaryl/α,β-unsaturated/α-hetero) is 1. The van der Waals surface area contributed by atoms with Gasteiger partial charge in [0.05, 0.1) is 18.7 Å². The first-order valence-electron chi connectivity index (χ1n) is 6.07. The number of carbonyl (C=O) groups is 2. The molecular weight excluding hydrogens is 264 g/mol. The van der Waals surface area contributed by atoms with E-state index in [2.05, 4.69) is 10.6 Å². The molecule has 0 saturated heterocycles. The SMILES string of the molecule is CCOc1ccc2c(c1)S[C@H](NC(=O)CC(C)=O)N2. The second kappa shape index (κ2) is 5.97. The minimum absolute atomic E-state index is 0.0840. The van der Waals surface area contributed by atoms with Gasteiger partial charge in [0.2, 0.25) is 5.91 Å². The summed E-state index contributed by atoms with van der Waals surface area (Å²) in [7, 11) is 0. The zero-order valence-corrected chi connectivity index (χ0v) is 11.7. The molecule has 1 heterocycles. The quantitative estimate of drug-likeness (QED) is 0.807. The number of hydrogen-bond donors (Lipinski definition) is 2. The van der Waals surface area contributed by atoms with Crippen molar-refractivity contribution in [3.63, 3.8) is 0 Å². The number of carbonyl (C=O) groups excluding carboxylic acids is 2. The lowest BCUT2D eigenvalue weighted by Gasteiger charge is -2.11. The maximum absolute atomic E-state index is 11.5. The van der Waals surface area contributed by atoms with Crippen LogP contribution in [0.15, 0.2) is 23.1 Å². The first-order valence-corrected chi connectivity index (χ1v) is 6.95. The predicted octanol–water partition coefficient (Wildman–Crippen LogP) is 1.98. The standard InChI is InChI=1S/C13H16N2O3S/c1-3-18-9-4-5-10-11(7-9)19-13(14-10)15-12(17)6-8(2)16/h4-5,7,13-14H,3,6H2,1-2H3,(H,15,17)/t13-/m0/s1. The van der Waals surface area contributed by atoms with Crippen LogP contribution in [-0.4, -0.2) is 23.8 Å².